The van der Waals surface area contributed by atoms with Crippen LogP contribution >= 0.6 is 0 Å². The molecule has 4 heteroatoms. The summed E-state index contributed by atoms with van der Waals surface area (Å²) in [6, 6.07) is 20.1. The number of hydrogen-bond acceptors (Lipinski definition) is 1. The average molecular weight is 323 g/mol. The van der Waals surface area contributed by atoms with Gasteiger partial charge in [-0.05, 0) is 39.6 Å². The van der Waals surface area contributed by atoms with Crippen molar-refractivity contribution in [3.63, 3.8) is 0 Å². The summed E-state index contributed by atoms with van der Waals surface area (Å²) in [6.45, 7) is 0. The molecule has 3 aromatic carbocycles. The molecule has 0 aliphatic rings. The lowest BCUT2D eigenvalue weighted by Gasteiger charge is -2.13. The van der Waals surface area contributed by atoms with Gasteiger partial charge in [-0.1, -0.05) is 54.6 Å². The zero-order chi connectivity index (χ0) is 17.2. The Bertz CT molecular complexity index is 957. The molecule has 3 rings (SSSR count). The minimum absolute atomic E-state index is 0.364. The Morgan fingerprint density at radius 1 is 0.917 bits per heavy atom. The van der Waals surface area contributed by atoms with E-state index in [0.717, 1.165) is 28.5 Å². The third-order valence-corrected chi connectivity index (χ3v) is 3.79. The van der Waals surface area contributed by atoms with Crippen LogP contribution in [0.15, 0.2) is 72.8 Å². The second-order valence-electron chi connectivity index (χ2n) is 5.29. The first-order chi connectivity index (χ1) is 11.5. The molecule has 1 nitrogen and oxygen atoms in total. The summed E-state index contributed by atoms with van der Waals surface area (Å²) < 4.78 is 39.0. The van der Waals surface area contributed by atoms with E-state index in [1.54, 1.807) is 6.07 Å². The van der Waals surface area contributed by atoms with Crippen LogP contribution in [0.4, 0.5) is 13.2 Å². The van der Waals surface area contributed by atoms with Gasteiger partial charge in [0.25, 0.3) is 0 Å². The average Bonchev–Trinajstić information content (AvgIpc) is 2.59. The number of halogens is 3. The number of rotatable bonds is 2. The van der Waals surface area contributed by atoms with Crippen molar-refractivity contribution in [3.8, 4) is 6.07 Å². The van der Waals surface area contributed by atoms with Gasteiger partial charge in [-0.2, -0.15) is 18.4 Å². The highest BCUT2D eigenvalue weighted by Crippen LogP contribution is 2.34. The fourth-order valence-electron chi connectivity index (χ4n) is 2.70. The van der Waals surface area contributed by atoms with Crippen molar-refractivity contribution in [1.29, 1.82) is 5.26 Å². The topological polar surface area (TPSA) is 23.8 Å². The van der Waals surface area contributed by atoms with E-state index in [9.17, 15) is 13.2 Å². The van der Waals surface area contributed by atoms with E-state index >= 15 is 0 Å². The monoisotopic (exact) mass is 323 g/mol. The Morgan fingerprint density at radius 3 is 2.38 bits per heavy atom. The molecule has 0 bridgehead atoms. The molecule has 0 fully saturated rings. The Kier molecular flexibility index (Phi) is 4.09. The van der Waals surface area contributed by atoms with Crippen LogP contribution in [-0.4, -0.2) is 0 Å². The molecular formula is C20H12F3N. The van der Waals surface area contributed by atoms with E-state index in [1.807, 2.05) is 48.5 Å². The molecule has 0 saturated heterocycles. The van der Waals surface area contributed by atoms with Gasteiger partial charge in [0, 0.05) is 6.08 Å². The first kappa shape index (κ1) is 15.8. The minimum atomic E-state index is -4.42. The number of hydrogen-bond donors (Lipinski definition) is 0. The third kappa shape index (κ3) is 3.02. The van der Waals surface area contributed by atoms with Crippen molar-refractivity contribution in [2.75, 3.05) is 0 Å². The summed E-state index contributed by atoms with van der Waals surface area (Å²) in [5.41, 5.74) is 0.834. The van der Waals surface area contributed by atoms with Crippen LogP contribution in [-0.2, 0) is 6.18 Å². The molecular weight excluding hydrogens is 311 g/mol. The van der Waals surface area contributed by atoms with E-state index in [2.05, 4.69) is 0 Å². The lowest BCUT2D eigenvalue weighted by Crippen LogP contribution is -2.05. The molecule has 0 N–H and O–H groups in total. The largest absolute Gasteiger partial charge is 0.416 e. The van der Waals surface area contributed by atoms with Crippen molar-refractivity contribution >= 4 is 16.3 Å². The van der Waals surface area contributed by atoms with E-state index in [0.29, 0.717) is 11.1 Å². The van der Waals surface area contributed by atoms with Crippen LogP contribution in [0.25, 0.3) is 16.3 Å². The van der Waals surface area contributed by atoms with Crippen LogP contribution in [0.2, 0.25) is 0 Å². The van der Waals surface area contributed by atoms with Crippen molar-refractivity contribution in [2.45, 2.75) is 6.18 Å². The smallest absolute Gasteiger partial charge is 0.193 e. The lowest BCUT2D eigenvalue weighted by molar-refractivity contribution is -0.137. The number of fused-ring (bicyclic) bond motifs is 1. The number of nitrogens with zero attached hydrogens (tertiary/aromatic N) is 1. The van der Waals surface area contributed by atoms with Gasteiger partial charge in [-0.25, -0.2) is 0 Å². The van der Waals surface area contributed by atoms with Crippen LogP contribution in [0.5, 0.6) is 0 Å². The standard InChI is InChI=1S/C20H12F3N/c21-20(22,23)16-8-3-7-15(13-16)18(11-12-24)19-10-4-6-14-5-1-2-9-17(14)19/h1-11,13H. The first-order valence-electron chi connectivity index (χ1n) is 7.26. The molecule has 0 aromatic heterocycles. The van der Waals surface area contributed by atoms with Crippen molar-refractivity contribution in [1.82, 2.24) is 0 Å². The van der Waals surface area contributed by atoms with E-state index < -0.39 is 11.7 Å². The predicted octanol–water partition coefficient (Wildman–Crippen LogP) is 5.81. The molecule has 3 aromatic rings. The van der Waals surface area contributed by atoms with E-state index in [-0.39, 0.29) is 0 Å². The van der Waals surface area contributed by atoms with Gasteiger partial charge < -0.3 is 0 Å². The van der Waals surface area contributed by atoms with Gasteiger partial charge in [0.1, 0.15) is 0 Å². The van der Waals surface area contributed by atoms with E-state index in [1.165, 1.54) is 12.1 Å². The van der Waals surface area contributed by atoms with Crippen LogP contribution in [0.1, 0.15) is 16.7 Å². The van der Waals surface area contributed by atoms with Crippen LogP contribution < -0.4 is 0 Å². The van der Waals surface area contributed by atoms with Gasteiger partial charge in [-0.15, -0.1) is 0 Å². The molecule has 0 atom stereocenters. The molecule has 0 aliphatic heterocycles. The Hall–Kier alpha value is -3.06. The van der Waals surface area contributed by atoms with Crippen molar-refractivity contribution in [2.24, 2.45) is 0 Å². The maximum Gasteiger partial charge on any atom is 0.416 e. The molecule has 118 valence electrons. The molecule has 24 heavy (non-hydrogen) atoms. The Labute approximate surface area is 137 Å². The van der Waals surface area contributed by atoms with Gasteiger partial charge in [-0.3, -0.25) is 0 Å². The van der Waals surface area contributed by atoms with Gasteiger partial charge >= 0.3 is 6.18 Å². The molecule has 0 amide bonds. The molecule has 0 saturated carbocycles. The highest BCUT2D eigenvalue weighted by Gasteiger charge is 2.30. The van der Waals surface area contributed by atoms with Gasteiger partial charge in [0.15, 0.2) is 0 Å². The fourth-order valence-corrected chi connectivity index (χ4v) is 2.70. The second kappa shape index (κ2) is 6.21. The minimum Gasteiger partial charge on any atom is -0.193 e. The van der Waals surface area contributed by atoms with E-state index in [4.69, 9.17) is 5.26 Å². The summed E-state index contributed by atoms with van der Waals surface area (Å²) in [5, 5.41) is 11.0. The number of nitriles is 1. The molecule has 0 radical (unpaired) electrons. The van der Waals surface area contributed by atoms with Crippen molar-refractivity contribution in [3.05, 3.63) is 89.5 Å². The van der Waals surface area contributed by atoms with Crippen LogP contribution in [0.3, 0.4) is 0 Å². The van der Waals surface area contributed by atoms with Crippen molar-refractivity contribution < 1.29 is 13.2 Å². The Morgan fingerprint density at radius 2 is 1.62 bits per heavy atom. The first-order valence-corrected chi connectivity index (χ1v) is 7.26. The highest BCUT2D eigenvalue weighted by atomic mass is 19.4. The normalized spacial score (nSPS) is 12.2. The SMILES string of the molecule is N#CC=C(c1cccc(C(F)(F)F)c1)c1cccc2ccccc12. The number of benzene rings is 3. The Balaban J connectivity index is 2.22. The summed E-state index contributed by atoms with van der Waals surface area (Å²) >= 11 is 0. The van der Waals surface area contributed by atoms with Crippen LogP contribution in [0, 0.1) is 11.3 Å². The van der Waals surface area contributed by atoms with Gasteiger partial charge in [0.05, 0.1) is 11.6 Å². The maximum atomic E-state index is 13.0. The second-order valence-corrected chi connectivity index (χ2v) is 5.29. The lowest BCUT2D eigenvalue weighted by atomic mass is 9.92. The quantitative estimate of drug-likeness (QED) is 0.546. The number of allylic oxidation sites excluding steroid dienone is 1. The van der Waals surface area contributed by atoms with Gasteiger partial charge in [0.2, 0.25) is 0 Å². The zero-order valence-electron chi connectivity index (χ0n) is 12.5. The fraction of sp³-hybridized carbons (Fsp3) is 0.0500. The highest BCUT2D eigenvalue weighted by molar-refractivity contribution is 5.98. The molecule has 0 spiro atoms. The predicted molar refractivity (Wildman–Crippen MR) is 88.1 cm³/mol. The molecule has 0 heterocycles. The summed E-state index contributed by atoms with van der Waals surface area (Å²) in [6.07, 6.45) is -3.14. The molecule has 0 aliphatic carbocycles. The summed E-state index contributed by atoms with van der Waals surface area (Å²) in [4.78, 5) is 0. The molecule has 0 unspecified atom stereocenters. The maximum absolute atomic E-state index is 13.0. The third-order valence-electron chi connectivity index (χ3n) is 3.79. The zero-order valence-corrected chi connectivity index (χ0v) is 12.5. The number of alkyl halides is 3. The summed E-state index contributed by atoms with van der Waals surface area (Å²) in [7, 11) is 0. The summed E-state index contributed by atoms with van der Waals surface area (Å²) in [5.74, 6) is 0.